The van der Waals surface area contributed by atoms with Crippen LogP contribution in [0.3, 0.4) is 0 Å². The SMILES string of the molecule is Cc1nc(-c2ccccc2)ccc1C(=O)NCc1ccc(CS(N)(=O)=O)cc1. The summed E-state index contributed by atoms with van der Waals surface area (Å²) >= 11 is 0. The highest BCUT2D eigenvalue weighted by Crippen LogP contribution is 2.18. The number of carbonyl (C=O) groups excluding carboxylic acids is 1. The van der Waals surface area contributed by atoms with Gasteiger partial charge in [-0.25, -0.2) is 13.6 Å². The minimum Gasteiger partial charge on any atom is -0.348 e. The number of nitrogens with zero attached hydrogens (tertiary/aromatic N) is 1. The Morgan fingerprint density at radius 2 is 1.61 bits per heavy atom. The Bertz CT molecular complexity index is 1080. The largest absolute Gasteiger partial charge is 0.348 e. The molecule has 0 saturated heterocycles. The van der Waals surface area contributed by atoms with Crippen LogP contribution in [0.2, 0.25) is 0 Å². The lowest BCUT2D eigenvalue weighted by Gasteiger charge is -2.10. The number of hydrogen-bond acceptors (Lipinski definition) is 4. The van der Waals surface area contributed by atoms with Gasteiger partial charge < -0.3 is 5.32 Å². The molecule has 1 heterocycles. The Labute approximate surface area is 164 Å². The van der Waals surface area contributed by atoms with Gasteiger partial charge in [-0.05, 0) is 30.2 Å². The monoisotopic (exact) mass is 395 g/mol. The van der Waals surface area contributed by atoms with Crippen LogP contribution in [0.25, 0.3) is 11.3 Å². The van der Waals surface area contributed by atoms with E-state index in [0.717, 1.165) is 16.8 Å². The number of amides is 1. The highest BCUT2D eigenvalue weighted by atomic mass is 32.2. The first-order valence-electron chi connectivity index (χ1n) is 8.71. The smallest absolute Gasteiger partial charge is 0.253 e. The maximum Gasteiger partial charge on any atom is 0.253 e. The Morgan fingerprint density at radius 1 is 0.964 bits per heavy atom. The maximum absolute atomic E-state index is 12.5. The van der Waals surface area contributed by atoms with Crippen molar-refractivity contribution >= 4 is 15.9 Å². The normalized spacial score (nSPS) is 11.2. The van der Waals surface area contributed by atoms with Gasteiger partial charge in [0, 0.05) is 12.1 Å². The summed E-state index contributed by atoms with van der Waals surface area (Å²) in [6.07, 6.45) is 0. The summed E-state index contributed by atoms with van der Waals surface area (Å²) in [6.45, 7) is 2.14. The minimum atomic E-state index is -3.56. The van der Waals surface area contributed by atoms with Crippen LogP contribution >= 0.6 is 0 Å². The van der Waals surface area contributed by atoms with E-state index < -0.39 is 10.0 Å². The molecule has 3 rings (SSSR count). The van der Waals surface area contributed by atoms with Crippen LogP contribution in [0.1, 0.15) is 27.2 Å². The number of carbonyl (C=O) groups is 1. The predicted octanol–water partition coefficient (Wildman–Crippen LogP) is 2.78. The first-order chi connectivity index (χ1) is 13.3. The van der Waals surface area contributed by atoms with Crippen LogP contribution in [0.5, 0.6) is 0 Å². The topological polar surface area (TPSA) is 102 Å². The lowest BCUT2D eigenvalue weighted by molar-refractivity contribution is 0.0950. The molecular weight excluding hydrogens is 374 g/mol. The van der Waals surface area contributed by atoms with Crippen molar-refractivity contribution in [2.75, 3.05) is 0 Å². The molecule has 3 N–H and O–H groups in total. The quantitative estimate of drug-likeness (QED) is 0.670. The van der Waals surface area contributed by atoms with Crippen molar-refractivity contribution in [2.45, 2.75) is 19.2 Å². The molecule has 2 aromatic carbocycles. The molecule has 0 unspecified atom stereocenters. The number of sulfonamides is 1. The van der Waals surface area contributed by atoms with E-state index in [1.54, 1.807) is 30.3 Å². The standard InChI is InChI=1S/C21H21N3O3S/c1-15-19(11-12-20(24-15)18-5-3-2-4-6-18)21(25)23-13-16-7-9-17(10-8-16)14-28(22,26)27/h2-12H,13-14H2,1H3,(H,23,25)(H2,22,26,27). The van der Waals surface area contributed by atoms with E-state index in [1.165, 1.54) is 0 Å². The number of nitrogens with one attached hydrogen (secondary N) is 1. The highest BCUT2D eigenvalue weighted by molar-refractivity contribution is 7.88. The van der Waals surface area contributed by atoms with Crippen molar-refractivity contribution in [1.82, 2.24) is 10.3 Å². The van der Waals surface area contributed by atoms with Crippen LogP contribution < -0.4 is 10.5 Å². The summed E-state index contributed by atoms with van der Waals surface area (Å²) in [6, 6.07) is 20.3. The van der Waals surface area contributed by atoms with E-state index in [0.29, 0.717) is 23.4 Å². The summed E-state index contributed by atoms with van der Waals surface area (Å²) in [5.41, 5.74) is 4.46. The van der Waals surface area contributed by atoms with Crippen molar-refractivity contribution in [3.05, 3.63) is 89.1 Å². The molecular formula is C21H21N3O3S. The molecule has 0 fully saturated rings. The van der Waals surface area contributed by atoms with Crippen molar-refractivity contribution in [2.24, 2.45) is 5.14 Å². The zero-order chi connectivity index (χ0) is 20.1. The first kappa shape index (κ1) is 19.7. The Morgan fingerprint density at radius 3 is 2.21 bits per heavy atom. The van der Waals surface area contributed by atoms with E-state index in [1.807, 2.05) is 43.3 Å². The molecule has 0 aliphatic heterocycles. The van der Waals surface area contributed by atoms with Crippen LogP contribution in [0.15, 0.2) is 66.7 Å². The average molecular weight is 395 g/mol. The second kappa shape index (κ2) is 8.33. The second-order valence-electron chi connectivity index (χ2n) is 6.50. The molecule has 0 atom stereocenters. The molecule has 0 spiro atoms. The lowest BCUT2D eigenvalue weighted by Crippen LogP contribution is -2.24. The van der Waals surface area contributed by atoms with Gasteiger partial charge in [0.05, 0.1) is 22.7 Å². The third-order valence-corrected chi connectivity index (χ3v) is 4.98. The summed E-state index contributed by atoms with van der Waals surface area (Å²) < 4.78 is 22.2. The van der Waals surface area contributed by atoms with Gasteiger partial charge in [-0.15, -0.1) is 0 Å². The van der Waals surface area contributed by atoms with Crippen molar-refractivity contribution in [3.63, 3.8) is 0 Å². The molecule has 0 aliphatic rings. The van der Waals surface area contributed by atoms with Crippen molar-refractivity contribution in [3.8, 4) is 11.3 Å². The molecule has 1 amide bonds. The number of aryl methyl sites for hydroxylation is 1. The summed E-state index contributed by atoms with van der Waals surface area (Å²) in [5.74, 6) is -0.420. The van der Waals surface area contributed by atoms with Crippen LogP contribution in [0, 0.1) is 6.92 Å². The number of rotatable bonds is 6. The van der Waals surface area contributed by atoms with Crippen LogP contribution in [-0.2, 0) is 22.3 Å². The number of nitrogens with two attached hydrogens (primary N) is 1. The predicted molar refractivity (Wildman–Crippen MR) is 109 cm³/mol. The average Bonchev–Trinajstić information content (AvgIpc) is 2.66. The molecule has 1 aromatic heterocycles. The minimum absolute atomic E-state index is 0.210. The molecule has 144 valence electrons. The first-order valence-corrected chi connectivity index (χ1v) is 10.4. The molecule has 0 bridgehead atoms. The van der Waals surface area contributed by atoms with Gasteiger partial charge in [-0.1, -0.05) is 54.6 Å². The van der Waals surface area contributed by atoms with Gasteiger partial charge in [-0.2, -0.15) is 0 Å². The van der Waals surface area contributed by atoms with E-state index >= 15 is 0 Å². The number of hydrogen-bond donors (Lipinski definition) is 2. The number of primary sulfonamides is 1. The molecule has 7 heteroatoms. The zero-order valence-corrected chi connectivity index (χ0v) is 16.2. The molecule has 0 aliphatic carbocycles. The molecule has 6 nitrogen and oxygen atoms in total. The maximum atomic E-state index is 12.5. The lowest BCUT2D eigenvalue weighted by atomic mass is 10.1. The van der Waals surface area contributed by atoms with Gasteiger partial charge in [0.1, 0.15) is 0 Å². The Hall–Kier alpha value is -3.03. The number of pyridine rings is 1. The third-order valence-electron chi connectivity index (χ3n) is 4.24. The van der Waals surface area contributed by atoms with Crippen molar-refractivity contribution in [1.29, 1.82) is 0 Å². The van der Waals surface area contributed by atoms with E-state index in [-0.39, 0.29) is 11.7 Å². The van der Waals surface area contributed by atoms with Gasteiger partial charge in [-0.3, -0.25) is 9.78 Å². The van der Waals surface area contributed by atoms with Gasteiger partial charge in [0.15, 0.2) is 0 Å². The van der Waals surface area contributed by atoms with E-state index in [2.05, 4.69) is 10.3 Å². The Kier molecular flexibility index (Phi) is 5.87. The third kappa shape index (κ3) is 5.25. The fourth-order valence-electron chi connectivity index (χ4n) is 2.83. The summed E-state index contributed by atoms with van der Waals surface area (Å²) in [7, 11) is -3.56. The summed E-state index contributed by atoms with van der Waals surface area (Å²) in [4.78, 5) is 17.0. The summed E-state index contributed by atoms with van der Waals surface area (Å²) in [5, 5.41) is 7.90. The second-order valence-corrected chi connectivity index (χ2v) is 8.12. The molecule has 28 heavy (non-hydrogen) atoms. The van der Waals surface area contributed by atoms with Gasteiger partial charge in [0.2, 0.25) is 10.0 Å². The van der Waals surface area contributed by atoms with Gasteiger partial charge >= 0.3 is 0 Å². The zero-order valence-electron chi connectivity index (χ0n) is 15.4. The van der Waals surface area contributed by atoms with E-state index in [9.17, 15) is 13.2 Å². The van der Waals surface area contributed by atoms with E-state index in [4.69, 9.17) is 5.14 Å². The van der Waals surface area contributed by atoms with Crippen molar-refractivity contribution < 1.29 is 13.2 Å². The fourth-order valence-corrected chi connectivity index (χ4v) is 3.49. The fraction of sp³-hybridized carbons (Fsp3) is 0.143. The van der Waals surface area contributed by atoms with Crippen LogP contribution in [0.4, 0.5) is 0 Å². The molecule has 0 saturated carbocycles. The number of benzene rings is 2. The molecule has 0 radical (unpaired) electrons. The Balaban J connectivity index is 1.65. The van der Waals surface area contributed by atoms with Gasteiger partial charge in [0.25, 0.3) is 5.91 Å². The number of aromatic nitrogens is 1. The van der Waals surface area contributed by atoms with Crippen LogP contribution in [-0.4, -0.2) is 19.3 Å². The highest BCUT2D eigenvalue weighted by Gasteiger charge is 2.11. The molecule has 3 aromatic rings.